The zero-order valence-electron chi connectivity index (χ0n) is 9.84. The summed E-state index contributed by atoms with van der Waals surface area (Å²) >= 11 is 0. The predicted molar refractivity (Wildman–Crippen MR) is 63.4 cm³/mol. The van der Waals surface area contributed by atoms with Gasteiger partial charge in [-0.15, -0.1) is 0 Å². The van der Waals surface area contributed by atoms with E-state index in [-0.39, 0.29) is 0 Å². The van der Waals surface area contributed by atoms with Crippen LogP contribution in [0.2, 0.25) is 0 Å². The molecule has 0 radical (unpaired) electrons. The lowest BCUT2D eigenvalue weighted by atomic mass is 10.1. The SMILES string of the molecule is CC(CN1CCCCC1)N1CCCC1=N. The molecule has 1 atom stereocenters. The average Bonchev–Trinajstić information content (AvgIpc) is 2.66. The summed E-state index contributed by atoms with van der Waals surface area (Å²) in [6.45, 7) is 7.07. The third kappa shape index (κ3) is 2.71. The molecule has 0 aromatic carbocycles. The molecule has 3 heteroatoms. The van der Waals surface area contributed by atoms with Crippen LogP contribution in [0, 0.1) is 5.41 Å². The molecule has 86 valence electrons. The van der Waals surface area contributed by atoms with Crippen molar-refractivity contribution in [3.63, 3.8) is 0 Å². The molecule has 0 aliphatic carbocycles. The molecule has 0 bridgehead atoms. The van der Waals surface area contributed by atoms with Crippen molar-refractivity contribution in [2.75, 3.05) is 26.2 Å². The van der Waals surface area contributed by atoms with Gasteiger partial charge in [-0.2, -0.15) is 0 Å². The van der Waals surface area contributed by atoms with Gasteiger partial charge in [-0.3, -0.25) is 5.41 Å². The Hall–Kier alpha value is -0.570. The Balaban J connectivity index is 1.80. The van der Waals surface area contributed by atoms with Gasteiger partial charge >= 0.3 is 0 Å². The Morgan fingerprint density at radius 1 is 1.13 bits per heavy atom. The van der Waals surface area contributed by atoms with Crippen molar-refractivity contribution in [2.24, 2.45) is 0 Å². The highest BCUT2D eigenvalue weighted by Crippen LogP contribution is 2.16. The molecule has 1 unspecified atom stereocenters. The molecule has 0 spiro atoms. The molecule has 2 heterocycles. The molecule has 2 rings (SSSR count). The Kier molecular flexibility index (Phi) is 3.62. The first-order valence-electron chi connectivity index (χ1n) is 6.34. The summed E-state index contributed by atoms with van der Waals surface area (Å²) in [5, 5.41) is 7.86. The van der Waals surface area contributed by atoms with E-state index in [9.17, 15) is 0 Å². The first-order valence-corrected chi connectivity index (χ1v) is 6.34. The number of hydrogen-bond donors (Lipinski definition) is 1. The number of likely N-dealkylation sites (tertiary alicyclic amines) is 2. The van der Waals surface area contributed by atoms with Gasteiger partial charge in [0.25, 0.3) is 0 Å². The van der Waals surface area contributed by atoms with Crippen molar-refractivity contribution in [1.82, 2.24) is 9.80 Å². The number of nitrogens with zero attached hydrogens (tertiary/aromatic N) is 2. The number of amidine groups is 1. The van der Waals surface area contributed by atoms with Crippen LogP contribution in [0.3, 0.4) is 0 Å². The van der Waals surface area contributed by atoms with Crippen molar-refractivity contribution in [2.45, 2.75) is 45.1 Å². The van der Waals surface area contributed by atoms with E-state index in [1.165, 1.54) is 38.8 Å². The van der Waals surface area contributed by atoms with E-state index < -0.39 is 0 Å². The second-order valence-corrected chi connectivity index (χ2v) is 4.95. The summed E-state index contributed by atoms with van der Waals surface area (Å²) in [4.78, 5) is 4.86. The molecule has 3 nitrogen and oxygen atoms in total. The van der Waals surface area contributed by atoms with Gasteiger partial charge in [-0.1, -0.05) is 6.42 Å². The summed E-state index contributed by atoms with van der Waals surface area (Å²) in [6.07, 6.45) is 6.31. The van der Waals surface area contributed by atoms with Gasteiger partial charge < -0.3 is 9.80 Å². The lowest BCUT2D eigenvalue weighted by Crippen LogP contribution is -2.44. The molecule has 15 heavy (non-hydrogen) atoms. The van der Waals surface area contributed by atoms with Crippen molar-refractivity contribution in [1.29, 1.82) is 5.41 Å². The quantitative estimate of drug-likeness (QED) is 0.770. The van der Waals surface area contributed by atoms with Crippen LogP contribution in [0.4, 0.5) is 0 Å². The maximum atomic E-state index is 7.86. The fraction of sp³-hybridized carbons (Fsp3) is 0.917. The highest BCUT2D eigenvalue weighted by molar-refractivity contribution is 5.81. The van der Waals surface area contributed by atoms with Crippen LogP contribution in [0.5, 0.6) is 0 Å². The topological polar surface area (TPSA) is 30.3 Å². The van der Waals surface area contributed by atoms with Crippen LogP contribution in [0.25, 0.3) is 0 Å². The zero-order chi connectivity index (χ0) is 10.7. The molecular weight excluding hydrogens is 186 g/mol. The third-order valence-electron chi connectivity index (χ3n) is 3.66. The van der Waals surface area contributed by atoms with E-state index in [2.05, 4.69) is 16.7 Å². The van der Waals surface area contributed by atoms with Gasteiger partial charge in [0.1, 0.15) is 0 Å². The van der Waals surface area contributed by atoms with Gasteiger partial charge in [-0.05, 0) is 39.3 Å². The average molecular weight is 209 g/mol. The van der Waals surface area contributed by atoms with Crippen LogP contribution in [0.15, 0.2) is 0 Å². The van der Waals surface area contributed by atoms with Gasteiger partial charge in [0, 0.05) is 25.6 Å². The van der Waals surface area contributed by atoms with Crippen LogP contribution in [-0.2, 0) is 0 Å². The summed E-state index contributed by atoms with van der Waals surface area (Å²) in [5.41, 5.74) is 0. The maximum Gasteiger partial charge on any atom is 0.0961 e. The minimum absolute atomic E-state index is 0.540. The van der Waals surface area contributed by atoms with Gasteiger partial charge in [0.15, 0.2) is 0 Å². The van der Waals surface area contributed by atoms with Gasteiger partial charge in [0.05, 0.1) is 5.84 Å². The van der Waals surface area contributed by atoms with E-state index in [4.69, 9.17) is 5.41 Å². The third-order valence-corrected chi connectivity index (χ3v) is 3.66. The molecule has 0 aromatic rings. The first kappa shape index (κ1) is 10.9. The predicted octanol–water partition coefficient (Wildman–Crippen LogP) is 1.93. The normalized spacial score (nSPS) is 25.9. The second-order valence-electron chi connectivity index (χ2n) is 4.95. The van der Waals surface area contributed by atoms with Gasteiger partial charge in [0.2, 0.25) is 0 Å². The number of rotatable bonds is 3. The van der Waals surface area contributed by atoms with Crippen LogP contribution >= 0.6 is 0 Å². The van der Waals surface area contributed by atoms with Crippen LogP contribution in [-0.4, -0.2) is 47.9 Å². The summed E-state index contributed by atoms with van der Waals surface area (Å²) in [5.74, 6) is 0.861. The maximum absolute atomic E-state index is 7.86. The number of hydrogen-bond acceptors (Lipinski definition) is 2. The summed E-state index contributed by atoms with van der Waals surface area (Å²) < 4.78 is 0. The smallest absolute Gasteiger partial charge is 0.0961 e. The largest absolute Gasteiger partial charge is 0.357 e. The monoisotopic (exact) mass is 209 g/mol. The molecule has 2 aliphatic heterocycles. The van der Waals surface area contributed by atoms with Crippen molar-refractivity contribution in [3.05, 3.63) is 0 Å². The van der Waals surface area contributed by atoms with E-state index in [1.54, 1.807) is 0 Å². The minimum atomic E-state index is 0.540. The molecule has 2 aliphatic rings. The summed E-state index contributed by atoms with van der Waals surface area (Å²) in [7, 11) is 0. The highest BCUT2D eigenvalue weighted by Gasteiger charge is 2.24. The van der Waals surface area contributed by atoms with Crippen molar-refractivity contribution >= 4 is 5.84 Å². The lowest BCUT2D eigenvalue weighted by Gasteiger charge is -2.33. The molecule has 0 amide bonds. The number of nitrogens with one attached hydrogen (secondary N) is 1. The van der Waals surface area contributed by atoms with Crippen LogP contribution in [0.1, 0.15) is 39.0 Å². The van der Waals surface area contributed by atoms with E-state index >= 15 is 0 Å². The zero-order valence-corrected chi connectivity index (χ0v) is 9.84. The van der Waals surface area contributed by atoms with Crippen molar-refractivity contribution < 1.29 is 0 Å². The minimum Gasteiger partial charge on any atom is -0.357 e. The lowest BCUT2D eigenvalue weighted by molar-refractivity contribution is 0.180. The molecular formula is C12H23N3. The Morgan fingerprint density at radius 2 is 1.87 bits per heavy atom. The standard InChI is InChI=1S/C12H23N3/c1-11(15-9-5-6-12(15)13)10-14-7-3-2-4-8-14/h11,13H,2-10H2,1H3. The molecule has 2 saturated heterocycles. The summed E-state index contributed by atoms with van der Waals surface area (Å²) in [6, 6.07) is 0.540. The fourth-order valence-electron chi connectivity index (χ4n) is 2.80. The number of piperidine rings is 1. The molecule has 1 N–H and O–H groups in total. The highest BCUT2D eigenvalue weighted by atomic mass is 15.2. The fourth-order valence-corrected chi connectivity index (χ4v) is 2.80. The van der Waals surface area contributed by atoms with E-state index in [1.807, 2.05) is 0 Å². The molecule has 2 fully saturated rings. The van der Waals surface area contributed by atoms with Crippen LogP contribution < -0.4 is 0 Å². The molecule has 0 saturated carbocycles. The second kappa shape index (κ2) is 4.97. The van der Waals surface area contributed by atoms with E-state index in [0.717, 1.165) is 25.3 Å². The van der Waals surface area contributed by atoms with Crippen molar-refractivity contribution in [3.8, 4) is 0 Å². The van der Waals surface area contributed by atoms with Gasteiger partial charge in [-0.25, -0.2) is 0 Å². The molecule has 0 aromatic heterocycles. The Morgan fingerprint density at radius 3 is 2.47 bits per heavy atom. The Labute approximate surface area is 92.9 Å². The van der Waals surface area contributed by atoms with E-state index in [0.29, 0.717) is 6.04 Å². The Bertz CT molecular complexity index is 221. The first-order chi connectivity index (χ1) is 7.27.